The summed E-state index contributed by atoms with van der Waals surface area (Å²) in [7, 11) is 0. The number of aromatic nitrogens is 1. The summed E-state index contributed by atoms with van der Waals surface area (Å²) in [4.78, 5) is 3.81. The molecule has 8 heavy (non-hydrogen) atoms. The lowest BCUT2D eigenvalue weighted by molar-refractivity contribution is 1.28. The van der Waals surface area contributed by atoms with Crippen LogP contribution in [0.25, 0.3) is 0 Å². The smallest absolute Gasteiger partial charge is 0.112 e. The fourth-order valence-electron chi connectivity index (χ4n) is 0.405. The third-order valence-electron chi connectivity index (χ3n) is 0.763. The van der Waals surface area contributed by atoms with Crippen molar-refractivity contribution >= 4 is 0 Å². The number of nitrogens with zero attached hydrogens (tertiary/aromatic N) is 1. The minimum atomic E-state index is 0.656. The molecule has 0 bridgehead atoms. The van der Waals surface area contributed by atoms with E-state index in [1.165, 1.54) is 0 Å². The van der Waals surface area contributed by atoms with Crippen LogP contribution in [0.4, 0.5) is 0 Å². The van der Waals surface area contributed by atoms with Crippen molar-refractivity contribution in [3.8, 4) is 12.3 Å². The minimum absolute atomic E-state index is 0.656. The van der Waals surface area contributed by atoms with Gasteiger partial charge < -0.3 is 0 Å². The molecule has 37 valence electrons. The number of rotatable bonds is 0. The van der Waals surface area contributed by atoms with Gasteiger partial charge in [0.05, 0.1) is 0 Å². The van der Waals surface area contributed by atoms with E-state index in [0.29, 0.717) is 5.69 Å². The van der Waals surface area contributed by atoms with Crippen LogP contribution in [-0.2, 0) is 0 Å². The molecule has 0 unspecified atom stereocenters. The van der Waals surface area contributed by atoms with E-state index >= 15 is 0 Å². The maximum Gasteiger partial charge on any atom is 0.112 e. The molecule has 1 heteroatoms. The van der Waals surface area contributed by atoms with Gasteiger partial charge in [-0.15, -0.1) is 6.42 Å². The number of pyridine rings is 1. The highest BCUT2D eigenvalue weighted by Crippen LogP contribution is 1.86. The molecule has 1 aromatic heterocycles. The normalized spacial score (nSPS) is 7.88. The molecule has 1 heterocycles. The van der Waals surface area contributed by atoms with Gasteiger partial charge in [0.2, 0.25) is 0 Å². The molecule has 1 radical (unpaired) electrons. The first-order chi connectivity index (χ1) is 3.93. The molecular weight excluding hydrogens is 98.1 g/mol. The van der Waals surface area contributed by atoms with Crippen LogP contribution in [0.1, 0.15) is 5.69 Å². The van der Waals surface area contributed by atoms with Crippen LogP contribution in [-0.4, -0.2) is 4.98 Å². The van der Waals surface area contributed by atoms with Gasteiger partial charge in [-0.1, -0.05) is 5.92 Å². The second-order valence-corrected chi connectivity index (χ2v) is 1.29. The summed E-state index contributed by atoms with van der Waals surface area (Å²) < 4.78 is 0. The SMILES string of the molecule is C#Cc1cc[c]cn1. The van der Waals surface area contributed by atoms with Crippen molar-refractivity contribution in [2.45, 2.75) is 0 Å². The van der Waals surface area contributed by atoms with Crippen molar-refractivity contribution < 1.29 is 0 Å². The van der Waals surface area contributed by atoms with Crippen LogP contribution in [0.15, 0.2) is 18.3 Å². The summed E-state index contributed by atoms with van der Waals surface area (Å²) in [5, 5.41) is 0. The molecule has 0 spiro atoms. The zero-order valence-corrected chi connectivity index (χ0v) is 4.26. The first-order valence-electron chi connectivity index (χ1n) is 2.22. The lowest BCUT2D eigenvalue weighted by Gasteiger charge is -1.81. The van der Waals surface area contributed by atoms with E-state index in [-0.39, 0.29) is 0 Å². The number of terminal acetylenes is 1. The van der Waals surface area contributed by atoms with Gasteiger partial charge in [0.15, 0.2) is 0 Å². The summed E-state index contributed by atoms with van der Waals surface area (Å²) >= 11 is 0. The molecule has 0 aliphatic carbocycles. The molecule has 0 fully saturated rings. The maximum absolute atomic E-state index is 5.02. The van der Waals surface area contributed by atoms with E-state index in [4.69, 9.17) is 6.42 Å². The molecule has 0 N–H and O–H groups in total. The topological polar surface area (TPSA) is 12.9 Å². The average Bonchev–Trinajstić information content (AvgIpc) is 1.90. The lowest BCUT2D eigenvalue weighted by atomic mass is 10.4. The van der Waals surface area contributed by atoms with Crippen LogP contribution in [0, 0.1) is 18.4 Å². The van der Waals surface area contributed by atoms with Gasteiger partial charge in [-0.2, -0.15) is 0 Å². The van der Waals surface area contributed by atoms with Crippen molar-refractivity contribution in [1.82, 2.24) is 4.98 Å². The highest BCUT2D eigenvalue weighted by Gasteiger charge is 1.78. The van der Waals surface area contributed by atoms with E-state index in [2.05, 4.69) is 17.0 Å². The van der Waals surface area contributed by atoms with Gasteiger partial charge >= 0.3 is 0 Å². The van der Waals surface area contributed by atoms with Crippen LogP contribution in [0.5, 0.6) is 0 Å². The molecule has 0 aliphatic rings. The summed E-state index contributed by atoms with van der Waals surface area (Å²) in [6.45, 7) is 0. The van der Waals surface area contributed by atoms with Crippen molar-refractivity contribution in [2.75, 3.05) is 0 Å². The van der Waals surface area contributed by atoms with Crippen LogP contribution < -0.4 is 0 Å². The summed E-state index contributed by atoms with van der Waals surface area (Å²) in [6.07, 6.45) is 6.57. The first-order valence-corrected chi connectivity index (χ1v) is 2.22. The van der Waals surface area contributed by atoms with E-state index in [1.807, 2.05) is 0 Å². The van der Waals surface area contributed by atoms with Crippen molar-refractivity contribution in [3.05, 3.63) is 30.1 Å². The second-order valence-electron chi connectivity index (χ2n) is 1.29. The Balaban J connectivity index is 3.05. The van der Waals surface area contributed by atoms with E-state index in [0.717, 1.165) is 0 Å². The Morgan fingerprint density at radius 1 is 1.75 bits per heavy atom. The Morgan fingerprint density at radius 3 is 3.00 bits per heavy atom. The summed E-state index contributed by atoms with van der Waals surface area (Å²) in [6, 6.07) is 6.23. The quantitative estimate of drug-likeness (QED) is 0.443. The Morgan fingerprint density at radius 2 is 2.62 bits per heavy atom. The van der Waals surface area contributed by atoms with E-state index < -0.39 is 0 Å². The Hall–Kier alpha value is -1.29. The monoisotopic (exact) mass is 102 g/mol. The Kier molecular flexibility index (Phi) is 1.29. The minimum Gasteiger partial charge on any atom is -0.247 e. The fraction of sp³-hybridized carbons (Fsp3) is 0. The Labute approximate surface area is 48.4 Å². The van der Waals surface area contributed by atoms with Gasteiger partial charge in [0.25, 0.3) is 0 Å². The highest BCUT2D eigenvalue weighted by molar-refractivity contribution is 5.22. The molecule has 1 rings (SSSR count). The number of hydrogen-bond donors (Lipinski definition) is 0. The zero-order valence-electron chi connectivity index (χ0n) is 4.26. The standard InChI is InChI=1S/C7H4N/c1-2-7-5-3-4-6-8-7/h1,3,5-6H. The van der Waals surface area contributed by atoms with Crippen molar-refractivity contribution in [1.29, 1.82) is 0 Å². The average molecular weight is 102 g/mol. The molecule has 0 atom stereocenters. The fourth-order valence-corrected chi connectivity index (χ4v) is 0.405. The van der Waals surface area contributed by atoms with Crippen LogP contribution in [0.2, 0.25) is 0 Å². The van der Waals surface area contributed by atoms with Gasteiger partial charge in [0.1, 0.15) is 5.69 Å². The second kappa shape index (κ2) is 2.13. The molecule has 0 aromatic carbocycles. The lowest BCUT2D eigenvalue weighted by Crippen LogP contribution is -1.75. The van der Waals surface area contributed by atoms with Gasteiger partial charge in [-0.3, -0.25) is 0 Å². The first kappa shape index (κ1) is 4.86. The van der Waals surface area contributed by atoms with Crippen molar-refractivity contribution in [2.24, 2.45) is 0 Å². The highest BCUT2D eigenvalue weighted by atomic mass is 14.6. The Bertz CT molecular complexity index is 195. The maximum atomic E-state index is 5.02. The van der Waals surface area contributed by atoms with Crippen molar-refractivity contribution in [3.63, 3.8) is 0 Å². The molecular formula is C7H4N. The largest absolute Gasteiger partial charge is 0.247 e. The summed E-state index contributed by atoms with van der Waals surface area (Å²) in [5.74, 6) is 2.40. The molecule has 0 aliphatic heterocycles. The molecule has 0 saturated carbocycles. The number of hydrogen-bond acceptors (Lipinski definition) is 1. The predicted molar refractivity (Wildman–Crippen MR) is 31.0 cm³/mol. The van der Waals surface area contributed by atoms with Gasteiger partial charge in [-0.25, -0.2) is 4.98 Å². The van der Waals surface area contributed by atoms with Gasteiger partial charge in [-0.05, 0) is 12.1 Å². The predicted octanol–water partition coefficient (Wildman–Crippen LogP) is 0.863. The summed E-state index contributed by atoms with van der Waals surface area (Å²) in [5.41, 5.74) is 0.656. The van der Waals surface area contributed by atoms with E-state index in [1.54, 1.807) is 18.3 Å². The van der Waals surface area contributed by atoms with Crippen LogP contribution in [0.3, 0.4) is 0 Å². The molecule has 0 saturated heterocycles. The van der Waals surface area contributed by atoms with Crippen LogP contribution >= 0.6 is 0 Å². The molecule has 1 aromatic rings. The molecule has 1 nitrogen and oxygen atoms in total. The van der Waals surface area contributed by atoms with Gasteiger partial charge in [0, 0.05) is 12.3 Å². The third-order valence-corrected chi connectivity index (χ3v) is 0.763. The third kappa shape index (κ3) is 0.855. The van der Waals surface area contributed by atoms with E-state index in [9.17, 15) is 0 Å². The molecule has 0 amide bonds. The zero-order chi connectivity index (χ0) is 5.82.